The van der Waals surface area contributed by atoms with Crippen LogP contribution in [0.3, 0.4) is 0 Å². The Morgan fingerprint density at radius 1 is 1.09 bits per heavy atom. The second-order valence-electron chi connectivity index (χ2n) is 8.50. The minimum atomic E-state index is -4.59. The lowest BCUT2D eigenvalue weighted by Gasteiger charge is -2.31. The number of fused-ring (bicyclic) bond motifs is 1. The molecule has 2 amide bonds. The van der Waals surface area contributed by atoms with Crippen molar-refractivity contribution in [3.05, 3.63) is 58.9 Å². The van der Waals surface area contributed by atoms with Gasteiger partial charge in [0.1, 0.15) is 11.5 Å². The summed E-state index contributed by atoms with van der Waals surface area (Å²) in [4.78, 5) is 31.8. The van der Waals surface area contributed by atoms with E-state index in [2.05, 4.69) is 25.9 Å². The van der Waals surface area contributed by atoms with Crippen molar-refractivity contribution in [3.63, 3.8) is 0 Å². The molecule has 4 rings (SSSR count). The number of hydrogen-bond donors (Lipinski definition) is 3. The molecule has 1 aliphatic rings. The van der Waals surface area contributed by atoms with Crippen LogP contribution in [0.15, 0.2) is 42.6 Å². The number of benzene rings is 1. The van der Waals surface area contributed by atoms with Gasteiger partial charge < -0.3 is 16.0 Å². The second kappa shape index (κ2) is 10.1. The van der Waals surface area contributed by atoms with E-state index < -0.39 is 11.9 Å². The van der Waals surface area contributed by atoms with Crippen molar-refractivity contribution in [2.45, 2.75) is 50.9 Å². The highest BCUT2D eigenvalue weighted by Crippen LogP contribution is 2.35. The van der Waals surface area contributed by atoms with Gasteiger partial charge in [-0.2, -0.15) is 13.2 Å². The van der Waals surface area contributed by atoms with Gasteiger partial charge in [0, 0.05) is 46.9 Å². The van der Waals surface area contributed by atoms with E-state index in [0.717, 1.165) is 25.3 Å². The molecule has 1 aliphatic carbocycles. The van der Waals surface area contributed by atoms with Crippen LogP contribution in [0.2, 0.25) is 5.02 Å². The third-order valence-corrected chi connectivity index (χ3v) is 5.99. The number of pyridine rings is 2. The summed E-state index contributed by atoms with van der Waals surface area (Å²) in [5, 5.41) is 9.64. The number of amides is 2. The predicted octanol–water partition coefficient (Wildman–Crippen LogP) is 5.41. The van der Waals surface area contributed by atoms with E-state index in [0.29, 0.717) is 28.1 Å². The maximum atomic E-state index is 13.4. The molecule has 1 aromatic carbocycles. The van der Waals surface area contributed by atoms with Crippen LogP contribution in [0.25, 0.3) is 10.9 Å². The molecule has 7 nitrogen and oxygen atoms in total. The molecule has 0 unspecified atom stereocenters. The second-order valence-corrected chi connectivity index (χ2v) is 8.94. The van der Waals surface area contributed by atoms with E-state index in [1.165, 1.54) is 31.3 Å². The van der Waals surface area contributed by atoms with Gasteiger partial charge in [0.15, 0.2) is 0 Å². The molecule has 11 heteroatoms. The van der Waals surface area contributed by atoms with E-state index in [4.69, 9.17) is 11.6 Å². The van der Waals surface area contributed by atoms with Crippen molar-refractivity contribution in [2.75, 3.05) is 10.6 Å². The van der Waals surface area contributed by atoms with Crippen LogP contribution in [0, 0.1) is 0 Å². The summed E-state index contributed by atoms with van der Waals surface area (Å²) in [7, 11) is 0. The first-order chi connectivity index (χ1) is 16.6. The minimum Gasteiger partial charge on any atom is -0.382 e. The van der Waals surface area contributed by atoms with Gasteiger partial charge in [0.2, 0.25) is 5.91 Å². The SMILES string of the molecule is CC(=O)Nc1cc(C(=O)N[C@@H]2CCC[C@H](Nc3cc(C(F)(F)F)nc4ccc(Cl)cc34)C2)ccn1. The summed E-state index contributed by atoms with van der Waals surface area (Å²) in [5.74, 6) is -0.336. The number of alkyl halides is 3. The Kier molecular flexibility index (Phi) is 7.11. The number of aromatic nitrogens is 2. The third kappa shape index (κ3) is 6.19. The molecule has 0 saturated heterocycles. The van der Waals surface area contributed by atoms with Gasteiger partial charge in [0.05, 0.1) is 5.52 Å². The van der Waals surface area contributed by atoms with Crippen molar-refractivity contribution in [2.24, 2.45) is 0 Å². The number of hydrogen-bond acceptors (Lipinski definition) is 5. The molecule has 2 atom stereocenters. The lowest BCUT2D eigenvalue weighted by atomic mass is 9.90. The first-order valence-corrected chi connectivity index (χ1v) is 11.4. The zero-order valence-corrected chi connectivity index (χ0v) is 19.5. The molecule has 2 aromatic heterocycles. The molecule has 0 radical (unpaired) electrons. The normalized spacial score (nSPS) is 18.2. The van der Waals surface area contributed by atoms with E-state index in [9.17, 15) is 22.8 Å². The van der Waals surface area contributed by atoms with Crippen molar-refractivity contribution in [1.82, 2.24) is 15.3 Å². The van der Waals surface area contributed by atoms with Gasteiger partial charge >= 0.3 is 6.18 Å². The monoisotopic (exact) mass is 505 g/mol. The van der Waals surface area contributed by atoms with Gasteiger partial charge in [-0.25, -0.2) is 9.97 Å². The van der Waals surface area contributed by atoms with Crippen LogP contribution in [0.4, 0.5) is 24.7 Å². The molecule has 35 heavy (non-hydrogen) atoms. The van der Waals surface area contributed by atoms with E-state index in [-0.39, 0.29) is 35.2 Å². The molecule has 184 valence electrons. The van der Waals surface area contributed by atoms with Crippen LogP contribution in [-0.4, -0.2) is 33.9 Å². The molecule has 0 spiro atoms. The third-order valence-electron chi connectivity index (χ3n) is 5.76. The van der Waals surface area contributed by atoms with Crippen LogP contribution >= 0.6 is 11.6 Å². The van der Waals surface area contributed by atoms with Gasteiger partial charge in [-0.05, 0) is 62.1 Å². The average molecular weight is 506 g/mol. The van der Waals surface area contributed by atoms with Crippen LogP contribution in [-0.2, 0) is 11.0 Å². The summed E-state index contributed by atoms with van der Waals surface area (Å²) < 4.78 is 40.3. The maximum absolute atomic E-state index is 13.4. The first kappa shape index (κ1) is 24.7. The summed E-state index contributed by atoms with van der Waals surface area (Å²) in [6.07, 6.45) is -0.366. The van der Waals surface area contributed by atoms with Crippen molar-refractivity contribution in [1.29, 1.82) is 0 Å². The molecule has 3 N–H and O–H groups in total. The highest BCUT2D eigenvalue weighted by atomic mass is 35.5. The van der Waals surface area contributed by atoms with E-state index in [1.54, 1.807) is 12.1 Å². The standard InChI is InChI=1S/C24H23ClF3N5O2/c1-13(34)30-22-9-14(7-8-29-22)23(35)32-17-4-2-3-16(11-17)31-20-12-21(24(26,27)28)33-19-6-5-15(25)10-18(19)20/h5-10,12,16-17H,2-4,11H2,1H3,(H,31,33)(H,32,35)(H,29,30,34)/t16-,17+/m0/s1. The Hall–Kier alpha value is -3.40. The molecule has 1 fully saturated rings. The van der Waals surface area contributed by atoms with Crippen LogP contribution in [0.5, 0.6) is 0 Å². The van der Waals surface area contributed by atoms with E-state index in [1.807, 2.05) is 0 Å². The van der Waals surface area contributed by atoms with Crippen molar-refractivity contribution < 1.29 is 22.8 Å². The van der Waals surface area contributed by atoms with Crippen molar-refractivity contribution >= 4 is 45.8 Å². The van der Waals surface area contributed by atoms with Crippen LogP contribution in [0.1, 0.15) is 48.7 Å². The predicted molar refractivity (Wildman–Crippen MR) is 127 cm³/mol. The lowest BCUT2D eigenvalue weighted by molar-refractivity contribution is -0.140. The fourth-order valence-electron chi connectivity index (χ4n) is 4.22. The summed E-state index contributed by atoms with van der Waals surface area (Å²) >= 11 is 6.09. The van der Waals surface area contributed by atoms with Crippen molar-refractivity contribution in [3.8, 4) is 0 Å². The average Bonchev–Trinajstić information content (AvgIpc) is 2.78. The maximum Gasteiger partial charge on any atom is 0.433 e. The fourth-order valence-corrected chi connectivity index (χ4v) is 4.40. The summed E-state index contributed by atoms with van der Waals surface area (Å²) in [5.41, 5.74) is -0.137. The number of halogens is 4. The Bertz CT molecular complexity index is 1270. The number of carbonyl (C=O) groups is 2. The van der Waals surface area contributed by atoms with Gasteiger partial charge in [-0.1, -0.05) is 11.6 Å². The Morgan fingerprint density at radius 2 is 1.86 bits per heavy atom. The number of nitrogens with zero attached hydrogens (tertiary/aromatic N) is 2. The smallest absolute Gasteiger partial charge is 0.382 e. The van der Waals surface area contributed by atoms with Gasteiger partial charge in [-0.15, -0.1) is 0 Å². The molecule has 0 bridgehead atoms. The van der Waals surface area contributed by atoms with Crippen LogP contribution < -0.4 is 16.0 Å². The Labute approximate surface area is 204 Å². The van der Waals surface area contributed by atoms with E-state index >= 15 is 0 Å². The Morgan fingerprint density at radius 3 is 2.60 bits per heavy atom. The first-order valence-electron chi connectivity index (χ1n) is 11.1. The molecule has 2 heterocycles. The highest BCUT2D eigenvalue weighted by molar-refractivity contribution is 6.31. The molecule has 0 aliphatic heterocycles. The minimum absolute atomic E-state index is 0.160. The lowest BCUT2D eigenvalue weighted by Crippen LogP contribution is -2.41. The molecule has 1 saturated carbocycles. The number of anilines is 2. The quantitative estimate of drug-likeness (QED) is 0.430. The highest BCUT2D eigenvalue weighted by Gasteiger charge is 2.34. The number of carbonyl (C=O) groups excluding carboxylic acids is 2. The molecule has 3 aromatic rings. The summed E-state index contributed by atoms with van der Waals surface area (Å²) in [6, 6.07) is 8.25. The zero-order valence-electron chi connectivity index (χ0n) is 18.7. The molecular weight excluding hydrogens is 483 g/mol. The topological polar surface area (TPSA) is 96.0 Å². The number of nitrogens with one attached hydrogen (secondary N) is 3. The zero-order chi connectivity index (χ0) is 25.2. The fraction of sp³-hybridized carbons (Fsp3) is 0.333. The van der Waals surface area contributed by atoms with Gasteiger partial charge in [-0.3, -0.25) is 9.59 Å². The molecular formula is C24H23ClF3N5O2. The number of rotatable bonds is 5. The van der Waals surface area contributed by atoms with Gasteiger partial charge in [0.25, 0.3) is 5.91 Å². The summed E-state index contributed by atoms with van der Waals surface area (Å²) in [6.45, 7) is 1.35. The largest absolute Gasteiger partial charge is 0.433 e. The Balaban J connectivity index is 1.50.